The summed E-state index contributed by atoms with van der Waals surface area (Å²) in [5.74, 6) is -0.645. The smallest absolute Gasteiger partial charge is 0.231 e. The van der Waals surface area contributed by atoms with E-state index in [0.29, 0.717) is 5.56 Å². The van der Waals surface area contributed by atoms with Gasteiger partial charge in [-0.25, -0.2) is 0 Å². The number of aliphatic hydroxyl groups is 7. The van der Waals surface area contributed by atoms with Crippen LogP contribution in [0.1, 0.15) is 0 Å². The van der Waals surface area contributed by atoms with Crippen molar-refractivity contribution in [3.8, 4) is 28.6 Å². The minimum Gasteiger partial charge on any atom is -0.508 e. The standard InChI is InChI=1S/C25H26O15/c26-9-3-1-8(2-4-9)13-7-12(28)15-11(27)5-10(6-14(15)37-13)36-23-20(33)17(30)21(34)25(39-23)40-24-19(32)16(29)18(31)22(35)38-24/h1-7,16-27,29-35H. The number of fused-ring (bicyclic) bond motifs is 1. The van der Waals surface area contributed by atoms with E-state index in [1.54, 1.807) is 0 Å². The molecule has 216 valence electrons. The normalized spacial score (nSPS) is 34.6. The van der Waals surface area contributed by atoms with Crippen LogP contribution in [0.3, 0.4) is 0 Å². The van der Waals surface area contributed by atoms with Crippen LogP contribution in [0, 0.1) is 0 Å². The van der Waals surface area contributed by atoms with E-state index in [0.717, 1.165) is 12.1 Å². The highest BCUT2D eigenvalue weighted by molar-refractivity contribution is 5.86. The fraction of sp³-hybridized carbons (Fsp3) is 0.400. The first kappa shape index (κ1) is 28.2. The Morgan fingerprint density at radius 1 is 0.675 bits per heavy atom. The first-order valence-corrected chi connectivity index (χ1v) is 11.9. The number of phenols is 2. The number of benzene rings is 2. The second-order valence-electron chi connectivity index (χ2n) is 9.30. The summed E-state index contributed by atoms with van der Waals surface area (Å²) >= 11 is 0. The number of phenolic OH excluding ortho intramolecular Hbond substituents is 2. The lowest BCUT2D eigenvalue weighted by Crippen LogP contribution is -2.63. The minimum atomic E-state index is -1.96. The average molecular weight is 566 g/mol. The number of aliphatic hydroxyl groups excluding tert-OH is 7. The van der Waals surface area contributed by atoms with E-state index in [4.69, 9.17) is 23.4 Å². The lowest BCUT2D eigenvalue weighted by atomic mass is 10.0. The molecular weight excluding hydrogens is 540 g/mol. The van der Waals surface area contributed by atoms with E-state index in [2.05, 4.69) is 0 Å². The van der Waals surface area contributed by atoms with Crippen molar-refractivity contribution in [2.45, 2.75) is 61.8 Å². The number of hydrogen-bond acceptors (Lipinski definition) is 15. The maximum absolute atomic E-state index is 12.7. The van der Waals surface area contributed by atoms with Crippen molar-refractivity contribution in [3.05, 3.63) is 52.7 Å². The molecular formula is C25H26O15. The van der Waals surface area contributed by atoms with Crippen LogP contribution in [0.15, 0.2) is 51.7 Å². The van der Waals surface area contributed by atoms with Gasteiger partial charge < -0.3 is 69.3 Å². The van der Waals surface area contributed by atoms with Gasteiger partial charge >= 0.3 is 0 Å². The highest BCUT2D eigenvalue weighted by atomic mass is 16.8. The highest BCUT2D eigenvalue weighted by Crippen LogP contribution is 2.34. The quantitative estimate of drug-likeness (QED) is 0.159. The monoisotopic (exact) mass is 566 g/mol. The molecule has 0 saturated carbocycles. The van der Waals surface area contributed by atoms with Crippen LogP contribution in [-0.2, 0) is 14.2 Å². The van der Waals surface area contributed by atoms with Crippen molar-refractivity contribution < 1.29 is 69.3 Å². The highest BCUT2D eigenvalue weighted by Gasteiger charge is 2.50. The molecule has 40 heavy (non-hydrogen) atoms. The molecule has 2 aliphatic rings. The zero-order chi connectivity index (χ0) is 28.9. The molecule has 0 spiro atoms. The molecule has 15 nitrogen and oxygen atoms in total. The zero-order valence-electron chi connectivity index (χ0n) is 20.3. The lowest BCUT2D eigenvalue weighted by molar-refractivity contribution is -0.404. The van der Waals surface area contributed by atoms with Gasteiger partial charge in [0, 0.05) is 23.8 Å². The van der Waals surface area contributed by atoms with Crippen LogP contribution in [-0.4, -0.2) is 108 Å². The van der Waals surface area contributed by atoms with E-state index in [9.17, 15) is 50.8 Å². The van der Waals surface area contributed by atoms with E-state index < -0.39 is 73.0 Å². The maximum atomic E-state index is 12.7. The Morgan fingerprint density at radius 2 is 1.27 bits per heavy atom. The van der Waals surface area contributed by atoms with Crippen molar-refractivity contribution in [2.24, 2.45) is 0 Å². The predicted octanol–water partition coefficient (Wildman–Crippen LogP) is -2.21. The molecule has 0 aliphatic carbocycles. The molecule has 2 aliphatic heterocycles. The number of aromatic hydroxyl groups is 2. The van der Waals surface area contributed by atoms with Crippen molar-refractivity contribution in [3.63, 3.8) is 0 Å². The van der Waals surface area contributed by atoms with Gasteiger partial charge in [0.15, 0.2) is 24.3 Å². The third-order valence-corrected chi connectivity index (χ3v) is 6.53. The summed E-state index contributed by atoms with van der Waals surface area (Å²) in [7, 11) is 0. The van der Waals surface area contributed by atoms with Crippen LogP contribution < -0.4 is 10.2 Å². The van der Waals surface area contributed by atoms with Crippen LogP contribution in [0.25, 0.3) is 22.3 Å². The van der Waals surface area contributed by atoms with Crippen molar-refractivity contribution >= 4 is 11.0 Å². The third-order valence-electron chi connectivity index (χ3n) is 6.53. The Bertz CT molecular complexity index is 1410. The van der Waals surface area contributed by atoms with Gasteiger partial charge in [-0.05, 0) is 24.3 Å². The summed E-state index contributed by atoms with van der Waals surface area (Å²) in [5, 5.41) is 90.2. The first-order chi connectivity index (χ1) is 18.9. The van der Waals surface area contributed by atoms with Crippen LogP contribution in [0.5, 0.6) is 17.2 Å². The Kier molecular flexibility index (Phi) is 7.68. The topological polar surface area (TPSA) is 249 Å². The van der Waals surface area contributed by atoms with E-state index in [-0.39, 0.29) is 28.2 Å². The van der Waals surface area contributed by atoms with Crippen molar-refractivity contribution in [1.82, 2.24) is 0 Å². The molecule has 0 bridgehead atoms. The van der Waals surface area contributed by atoms with E-state index in [1.807, 2.05) is 0 Å². The Labute approximate surface area is 223 Å². The molecule has 2 saturated heterocycles. The van der Waals surface area contributed by atoms with Gasteiger partial charge in [0.25, 0.3) is 0 Å². The lowest BCUT2D eigenvalue weighted by Gasteiger charge is -2.43. The molecule has 1 aromatic heterocycles. The SMILES string of the molecule is O=c1cc(-c2ccc(O)cc2)oc2cc(OC3OC(OC4OC(O)C(O)C(O)C4O)C(O)C(O)C3O)cc(O)c12. The Morgan fingerprint density at radius 3 is 1.95 bits per heavy atom. The van der Waals surface area contributed by atoms with Crippen LogP contribution >= 0.6 is 0 Å². The largest absolute Gasteiger partial charge is 0.508 e. The molecule has 10 unspecified atom stereocenters. The van der Waals surface area contributed by atoms with Gasteiger partial charge in [-0.2, -0.15) is 0 Å². The van der Waals surface area contributed by atoms with Crippen molar-refractivity contribution in [1.29, 1.82) is 0 Å². The van der Waals surface area contributed by atoms with E-state index >= 15 is 0 Å². The molecule has 2 aromatic carbocycles. The Balaban J connectivity index is 1.40. The first-order valence-electron chi connectivity index (χ1n) is 11.9. The van der Waals surface area contributed by atoms with Crippen molar-refractivity contribution in [2.75, 3.05) is 0 Å². The van der Waals surface area contributed by atoms with Gasteiger partial charge in [0.2, 0.25) is 6.29 Å². The van der Waals surface area contributed by atoms with Crippen LogP contribution in [0.2, 0.25) is 0 Å². The van der Waals surface area contributed by atoms with Gasteiger partial charge in [-0.3, -0.25) is 4.79 Å². The molecule has 5 rings (SSSR count). The molecule has 2 fully saturated rings. The van der Waals surface area contributed by atoms with E-state index in [1.165, 1.54) is 30.3 Å². The molecule has 3 heterocycles. The summed E-state index contributed by atoms with van der Waals surface area (Å²) in [6.07, 6.45) is -18.8. The average Bonchev–Trinajstić information content (AvgIpc) is 2.91. The third kappa shape index (κ3) is 5.23. The summed E-state index contributed by atoms with van der Waals surface area (Å²) in [5.41, 5.74) is -0.264. The second kappa shape index (κ2) is 10.9. The molecule has 9 N–H and O–H groups in total. The predicted molar refractivity (Wildman–Crippen MR) is 129 cm³/mol. The molecule has 0 amide bonds. The summed E-state index contributed by atoms with van der Waals surface area (Å²) < 4.78 is 26.9. The number of ether oxygens (including phenoxy) is 4. The fourth-order valence-electron chi connectivity index (χ4n) is 4.32. The zero-order valence-corrected chi connectivity index (χ0v) is 20.3. The van der Waals surface area contributed by atoms with Gasteiger partial charge in [-0.15, -0.1) is 0 Å². The maximum Gasteiger partial charge on any atom is 0.231 e. The Hall–Kier alpha value is -3.35. The van der Waals surface area contributed by atoms with Gasteiger partial charge in [0.1, 0.15) is 70.6 Å². The van der Waals surface area contributed by atoms with Gasteiger partial charge in [0.05, 0.1) is 0 Å². The van der Waals surface area contributed by atoms with Gasteiger partial charge in [-0.1, -0.05) is 0 Å². The molecule has 15 heteroatoms. The fourth-order valence-corrected chi connectivity index (χ4v) is 4.32. The summed E-state index contributed by atoms with van der Waals surface area (Å²) in [4.78, 5) is 12.7. The molecule has 10 atom stereocenters. The molecule has 3 aromatic rings. The number of hydrogen-bond donors (Lipinski definition) is 9. The second-order valence-corrected chi connectivity index (χ2v) is 9.30. The van der Waals surface area contributed by atoms with Crippen LogP contribution in [0.4, 0.5) is 0 Å². The number of rotatable bonds is 5. The summed E-state index contributed by atoms with van der Waals surface area (Å²) in [6.45, 7) is 0. The summed E-state index contributed by atoms with van der Waals surface area (Å²) in [6, 6.07) is 9.15. The molecule has 0 radical (unpaired) electrons. The minimum absolute atomic E-state index is 0.00430.